The zero-order chi connectivity index (χ0) is 12.8. The minimum Gasteiger partial charge on any atom is -0.481 e. The Balaban J connectivity index is 2.92. The molecule has 0 saturated heterocycles. The zero-order valence-electron chi connectivity index (χ0n) is 9.34. The summed E-state index contributed by atoms with van der Waals surface area (Å²) in [7, 11) is 1.27. The molecule has 0 radical (unpaired) electrons. The smallest absolute Gasteiger partial charge is 0.339 e. The summed E-state index contributed by atoms with van der Waals surface area (Å²) >= 11 is 0. The van der Waals surface area contributed by atoms with E-state index in [4.69, 9.17) is 10.8 Å². The quantitative estimate of drug-likeness (QED) is 0.610. The first-order valence-corrected chi connectivity index (χ1v) is 4.90. The first kappa shape index (κ1) is 12.8. The van der Waals surface area contributed by atoms with Gasteiger partial charge >= 0.3 is 11.9 Å². The molecule has 3 N–H and O–H groups in total. The summed E-state index contributed by atoms with van der Waals surface area (Å²) in [6.07, 6.45) is 3.03. The van der Waals surface area contributed by atoms with Crippen LogP contribution in [0.2, 0.25) is 0 Å². The maximum atomic E-state index is 11.3. The fourth-order valence-electron chi connectivity index (χ4n) is 1.26. The lowest BCUT2D eigenvalue weighted by Gasteiger charge is -2.04. The number of carboxylic acids is 1. The van der Waals surface area contributed by atoms with Gasteiger partial charge in [0.05, 0.1) is 19.1 Å². The Morgan fingerprint density at radius 2 is 2.18 bits per heavy atom. The van der Waals surface area contributed by atoms with Crippen molar-refractivity contribution >= 4 is 23.7 Å². The van der Waals surface area contributed by atoms with Crippen LogP contribution in [0.15, 0.2) is 24.3 Å². The van der Waals surface area contributed by atoms with E-state index in [0.717, 1.165) is 0 Å². The van der Waals surface area contributed by atoms with Crippen molar-refractivity contribution in [3.8, 4) is 0 Å². The van der Waals surface area contributed by atoms with E-state index in [-0.39, 0.29) is 12.0 Å². The first-order chi connectivity index (χ1) is 8.04. The van der Waals surface area contributed by atoms with E-state index in [1.54, 1.807) is 24.3 Å². The highest BCUT2D eigenvalue weighted by Gasteiger charge is 2.09. The maximum Gasteiger partial charge on any atom is 0.339 e. The van der Waals surface area contributed by atoms with Gasteiger partial charge in [0.1, 0.15) is 0 Å². The number of benzene rings is 1. The molecule has 0 aromatic heterocycles. The van der Waals surface area contributed by atoms with Gasteiger partial charge < -0.3 is 15.6 Å². The molecular formula is C12H13NO4. The Hall–Kier alpha value is -2.30. The van der Waals surface area contributed by atoms with E-state index in [2.05, 4.69) is 4.74 Å². The van der Waals surface area contributed by atoms with E-state index in [1.807, 2.05) is 0 Å². The molecule has 0 saturated carbocycles. The zero-order valence-corrected chi connectivity index (χ0v) is 9.34. The van der Waals surface area contributed by atoms with Gasteiger partial charge in [-0.15, -0.1) is 0 Å². The highest BCUT2D eigenvalue weighted by atomic mass is 16.5. The molecule has 0 spiro atoms. The van der Waals surface area contributed by atoms with E-state index in [1.165, 1.54) is 13.2 Å². The number of hydrogen-bond donors (Lipinski definition) is 2. The van der Waals surface area contributed by atoms with Crippen molar-refractivity contribution in [2.24, 2.45) is 0 Å². The Labute approximate surface area is 98.5 Å². The summed E-state index contributed by atoms with van der Waals surface area (Å²) in [4.78, 5) is 21.7. The van der Waals surface area contributed by atoms with E-state index in [9.17, 15) is 9.59 Å². The second-order valence-electron chi connectivity index (χ2n) is 3.34. The molecular weight excluding hydrogens is 222 g/mol. The lowest BCUT2D eigenvalue weighted by Crippen LogP contribution is -2.05. The van der Waals surface area contributed by atoms with Crippen LogP contribution in [0, 0.1) is 0 Å². The molecule has 5 heteroatoms. The Morgan fingerprint density at radius 1 is 1.47 bits per heavy atom. The van der Waals surface area contributed by atoms with Crippen LogP contribution >= 0.6 is 0 Å². The van der Waals surface area contributed by atoms with E-state index < -0.39 is 11.9 Å². The van der Waals surface area contributed by atoms with Crippen molar-refractivity contribution in [1.29, 1.82) is 0 Å². The Bertz CT molecular complexity index is 466. The minimum atomic E-state index is -0.912. The molecule has 90 valence electrons. The number of carboxylic acid groups (broad SMARTS) is 1. The van der Waals surface area contributed by atoms with Gasteiger partial charge in [-0.3, -0.25) is 4.79 Å². The third-order valence-electron chi connectivity index (χ3n) is 2.09. The molecule has 0 amide bonds. The van der Waals surface area contributed by atoms with Crippen molar-refractivity contribution in [3.05, 3.63) is 35.4 Å². The number of nitrogens with two attached hydrogens (primary N) is 1. The summed E-state index contributed by atoms with van der Waals surface area (Å²) in [5.74, 6) is -1.43. The van der Waals surface area contributed by atoms with Crippen LogP contribution < -0.4 is 5.73 Å². The summed E-state index contributed by atoms with van der Waals surface area (Å²) < 4.78 is 4.58. The van der Waals surface area contributed by atoms with Crippen LogP contribution in [0.25, 0.3) is 6.08 Å². The molecule has 0 fully saturated rings. The third kappa shape index (κ3) is 3.64. The predicted molar refractivity (Wildman–Crippen MR) is 63.5 cm³/mol. The topological polar surface area (TPSA) is 89.6 Å². The number of esters is 1. The van der Waals surface area contributed by atoms with Gasteiger partial charge in [-0.25, -0.2) is 4.79 Å². The third-order valence-corrected chi connectivity index (χ3v) is 2.09. The van der Waals surface area contributed by atoms with Crippen LogP contribution in [0.4, 0.5) is 5.69 Å². The van der Waals surface area contributed by atoms with Crippen molar-refractivity contribution in [2.75, 3.05) is 12.8 Å². The number of aliphatic carboxylic acids is 1. The van der Waals surface area contributed by atoms with Crippen molar-refractivity contribution < 1.29 is 19.4 Å². The molecule has 0 aliphatic heterocycles. The lowest BCUT2D eigenvalue weighted by molar-refractivity contribution is -0.135. The largest absolute Gasteiger partial charge is 0.481 e. The standard InChI is InChI=1S/C12H13NO4/c1-17-12(16)9-7-8(5-6-10(9)13)3-2-4-11(14)15/h2-3,5-7H,4,13H2,1H3,(H,14,15). The van der Waals surface area contributed by atoms with Gasteiger partial charge in [-0.05, 0) is 17.7 Å². The molecule has 0 atom stereocenters. The van der Waals surface area contributed by atoms with Crippen molar-refractivity contribution in [2.45, 2.75) is 6.42 Å². The van der Waals surface area contributed by atoms with Gasteiger partial charge in [-0.2, -0.15) is 0 Å². The van der Waals surface area contributed by atoms with Crippen LogP contribution in [0.5, 0.6) is 0 Å². The second-order valence-corrected chi connectivity index (χ2v) is 3.34. The molecule has 0 aliphatic carbocycles. The molecule has 0 unspecified atom stereocenters. The minimum absolute atomic E-state index is 0.0715. The molecule has 0 bridgehead atoms. The van der Waals surface area contributed by atoms with E-state index in [0.29, 0.717) is 11.3 Å². The monoisotopic (exact) mass is 235 g/mol. The molecule has 5 nitrogen and oxygen atoms in total. The number of hydrogen-bond acceptors (Lipinski definition) is 4. The summed E-state index contributed by atoms with van der Waals surface area (Å²) in [6, 6.07) is 4.83. The number of nitrogen functional groups attached to an aromatic ring is 1. The Kier molecular flexibility index (Phi) is 4.28. The van der Waals surface area contributed by atoms with Crippen molar-refractivity contribution in [3.63, 3.8) is 0 Å². The van der Waals surface area contributed by atoms with Gasteiger partial charge in [0.15, 0.2) is 0 Å². The Morgan fingerprint density at radius 3 is 2.76 bits per heavy atom. The summed E-state index contributed by atoms with van der Waals surface area (Å²) in [6.45, 7) is 0. The van der Waals surface area contributed by atoms with Crippen LogP contribution in [-0.4, -0.2) is 24.2 Å². The average Bonchev–Trinajstić information content (AvgIpc) is 2.30. The van der Waals surface area contributed by atoms with Crippen LogP contribution in [-0.2, 0) is 9.53 Å². The van der Waals surface area contributed by atoms with Gasteiger partial charge in [0.25, 0.3) is 0 Å². The lowest BCUT2D eigenvalue weighted by atomic mass is 10.1. The number of anilines is 1. The number of carbonyl (C=O) groups excluding carboxylic acids is 1. The van der Waals surface area contributed by atoms with Crippen LogP contribution in [0.1, 0.15) is 22.3 Å². The fourth-order valence-corrected chi connectivity index (χ4v) is 1.26. The molecule has 1 rings (SSSR count). The maximum absolute atomic E-state index is 11.3. The second kappa shape index (κ2) is 5.69. The molecule has 1 aromatic rings. The van der Waals surface area contributed by atoms with Gasteiger partial charge in [0.2, 0.25) is 0 Å². The highest BCUT2D eigenvalue weighted by molar-refractivity contribution is 5.95. The molecule has 1 aromatic carbocycles. The first-order valence-electron chi connectivity index (χ1n) is 4.90. The number of rotatable bonds is 4. The van der Waals surface area contributed by atoms with Gasteiger partial charge in [0, 0.05) is 5.69 Å². The van der Waals surface area contributed by atoms with Crippen LogP contribution in [0.3, 0.4) is 0 Å². The summed E-state index contributed by atoms with van der Waals surface area (Å²) in [5, 5.41) is 8.47. The molecule has 0 heterocycles. The molecule has 0 aliphatic rings. The normalized spacial score (nSPS) is 10.4. The number of ether oxygens (including phenoxy) is 1. The average molecular weight is 235 g/mol. The highest BCUT2D eigenvalue weighted by Crippen LogP contribution is 2.16. The van der Waals surface area contributed by atoms with Crippen molar-refractivity contribution in [1.82, 2.24) is 0 Å². The summed E-state index contributed by atoms with van der Waals surface area (Å²) in [5.41, 5.74) is 6.91. The van der Waals surface area contributed by atoms with E-state index >= 15 is 0 Å². The van der Waals surface area contributed by atoms with Gasteiger partial charge in [-0.1, -0.05) is 18.2 Å². The predicted octanol–water partition coefficient (Wildman–Crippen LogP) is 1.54. The number of carbonyl (C=O) groups is 2. The SMILES string of the molecule is COC(=O)c1cc(C=CCC(=O)O)ccc1N. The molecule has 17 heavy (non-hydrogen) atoms. The number of methoxy groups -OCH3 is 1. The fraction of sp³-hybridized carbons (Fsp3) is 0.167.